The van der Waals surface area contributed by atoms with Gasteiger partial charge in [-0.2, -0.15) is 0 Å². The normalized spacial score (nSPS) is 17.2. The van der Waals surface area contributed by atoms with Crippen molar-refractivity contribution in [3.05, 3.63) is 36.2 Å². The van der Waals surface area contributed by atoms with Gasteiger partial charge in [-0.1, -0.05) is 20.4 Å². The third-order valence-corrected chi connectivity index (χ3v) is 2.23. The molecule has 0 aromatic rings. The Bertz CT molecular complexity index is 256. The van der Waals surface area contributed by atoms with Crippen LogP contribution in [0.1, 0.15) is 27.7 Å². The minimum absolute atomic E-state index is 0.526. The van der Waals surface area contributed by atoms with E-state index in [0.717, 1.165) is 5.57 Å². The summed E-state index contributed by atoms with van der Waals surface area (Å²) < 4.78 is 0. The Morgan fingerprint density at radius 1 is 1.23 bits per heavy atom. The van der Waals surface area contributed by atoms with E-state index in [1.165, 1.54) is 5.70 Å². The Balaban J connectivity index is 2.91. The Labute approximate surface area is 81.4 Å². The fourth-order valence-electron chi connectivity index (χ4n) is 1.51. The van der Waals surface area contributed by atoms with Crippen molar-refractivity contribution in [3.8, 4) is 0 Å². The molecule has 1 aliphatic rings. The lowest BCUT2D eigenvalue weighted by Crippen LogP contribution is -2.28. The first-order chi connectivity index (χ1) is 6.02. The minimum Gasteiger partial charge on any atom is -0.349 e. The maximum absolute atomic E-state index is 3.95. The van der Waals surface area contributed by atoms with Gasteiger partial charge in [-0.25, -0.2) is 0 Å². The fraction of sp³-hybridized carbons (Fsp3) is 0.500. The summed E-state index contributed by atoms with van der Waals surface area (Å²) in [6.07, 6.45) is 6.36. The zero-order chi connectivity index (χ0) is 10.0. The molecular formula is C12H19N. The van der Waals surface area contributed by atoms with Crippen LogP contribution < -0.4 is 0 Å². The number of hydrogen-bond acceptors (Lipinski definition) is 1. The largest absolute Gasteiger partial charge is 0.349 e. The lowest BCUT2D eigenvalue weighted by Gasteiger charge is -2.32. The number of hydrogen-bond donors (Lipinski definition) is 0. The molecule has 1 nitrogen and oxygen atoms in total. The van der Waals surface area contributed by atoms with Gasteiger partial charge in [0.05, 0.1) is 0 Å². The number of rotatable bonds is 2. The first kappa shape index (κ1) is 10.1. The molecule has 0 N–H and O–H groups in total. The molecule has 0 radical (unpaired) electrons. The Morgan fingerprint density at radius 3 is 2.31 bits per heavy atom. The van der Waals surface area contributed by atoms with Gasteiger partial charge in [-0.15, -0.1) is 0 Å². The average Bonchev–Trinajstić information content (AvgIpc) is 2.03. The maximum Gasteiger partial charge on any atom is 0.0276 e. The molecule has 13 heavy (non-hydrogen) atoms. The highest BCUT2D eigenvalue weighted by Crippen LogP contribution is 2.24. The molecule has 0 atom stereocenters. The third-order valence-electron chi connectivity index (χ3n) is 2.23. The summed E-state index contributed by atoms with van der Waals surface area (Å²) in [4.78, 5) is 2.30. The minimum atomic E-state index is 0.526. The zero-order valence-electron chi connectivity index (χ0n) is 9.04. The van der Waals surface area contributed by atoms with Crippen molar-refractivity contribution in [2.24, 2.45) is 5.92 Å². The van der Waals surface area contributed by atoms with Gasteiger partial charge in [0.1, 0.15) is 0 Å². The van der Waals surface area contributed by atoms with Crippen molar-refractivity contribution < 1.29 is 0 Å². The highest BCUT2D eigenvalue weighted by molar-refractivity contribution is 5.35. The van der Waals surface area contributed by atoms with Crippen LogP contribution >= 0.6 is 0 Å². The van der Waals surface area contributed by atoms with E-state index in [9.17, 15) is 0 Å². The summed E-state index contributed by atoms with van der Waals surface area (Å²) >= 11 is 0. The fourth-order valence-corrected chi connectivity index (χ4v) is 1.51. The third kappa shape index (κ3) is 2.24. The van der Waals surface area contributed by atoms with E-state index in [0.29, 0.717) is 12.0 Å². The van der Waals surface area contributed by atoms with Crippen molar-refractivity contribution >= 4 is 0 Å². The average molecular weight is 177 g/mol. The molecule has 1 heterocycles. The molecule has 0 amide bonds. The molecule has 0 saturated carbocycles. The van der Waals surface area contributed by atoms with Gasteiger partial charge in [-0.05, 0) is 37.5 Å². The van der Waals surface area contributed by atoms with E-state index in [2.05, 4.69) is 57.5 Å². The van der Waals surface area contributed by atoms with Crippen molar-refractivity contribution in [2.75, 3.05) is 0 Å². The molecule has 72 valence electrons. The van der Waals surface area contributed by atoms with Crippen LogP contribution in [-0.2, 0) is 0 Å². The summed E-state index contributed by atoms with van der Waals surface area (Å²) in [5.74, 6) is 0.559. The second-order valence-electron chi connectivity index (χ2n) is 4.12. The van der Waals surface area contributed by atoms with E-state index in [4.69, 9.17) is 0 Å². The predicted molar refractivity (Wildman–Crippen MR) is 58.2 cm³/mol. The SMILES string of the molecule is C=C1C=CN(C(C)C)C(C(C)C)=C1. The van der Waals surface area contributed by atoms with Crippen molar-refractivity contribution in [2.45, 2.75) is 33.7 Å². The Hall–Kier alpha value is -0.980. The summed E-state index contributed by atoms with van der Waals surface area (Å²) in [5, 5.41) is 0. The van der Waals surface area contributed by atoms with Crippen LogP contribution in [0.3, 0.4) is 0 Å². The van der Waals surface area contributed by atoms with E-state index in [-0.39, 0.29) is 0 Å². The summed E-state index contributed by atoms with van der Waals surface area (Å²) in [6, 6.07) is 0.526. The van der Waals surface area contributed by atoms with E-state index >= 15 is 0 Å². The van der Waals surface area contributed by atoms with Gasteiger partial charge in [0.25, 0.3) is 0 Å². The van der Waals surface area contributed by atoms with Gasteiger partial charge < -0.3 is 4.90 Å². The quantitative estimate of drug-likeness (QED) is 0.625. The van der Waals surface area contributed by atoms with Crippen molar-refractivity contribution in [1.29, 1.82) is 0 Å². The highest BCUT2D eigenvalue weighted by Gasteiger charge is 2.16. The van der Waals surface area contributed by atoms with Gasteiger partial charge in [0.15, 0.2) is 0 Å². The maximum atomic E-state index is 3.95. The lowest BCUT2D eigenvalue weighted by atomic mass is 10.0. The van der Waals surface area contributed by atoms with Crippen LogP contribution in [-0.4, -0.2) is 10.9 Å². The van der Waals surface area contributed by atoms with Gasteiger partial charge in [-0.3, -0.25) is 0 Å². The van der Waals surface area contributed by atoms with Crippen molar-refractivity contribution in [1.82, 2.24) is 4.90 Å². The lowest BCUT2D eigenvalue weighted by molar-refractivity contribution is 0.345. The molecule has 0 unspecified atom stereocenters. The zero-order valence-corrected chi connectivity index (χ0v) is 9.04. The molecular weight excluding hydrogens is 158 g/mol. The molecule has 1 heteroatoms. The summed E-state index contributed by atoms with van der Waals surface area (Å²) in [7, 11) is 0. The van der Waals surface area contributed by atoms with Crippen LogP contribution in [0, 0.1) is 5.92 Å². The van der Waals surface area contributed by atoms with Gasteiger partial charge >= 0.3 is 0 Å². The first-order valence-electron chi connectivity index (χ1n) is 4.89. The smallest absolute Gasteiger partial charge is 0.0276 e. The second kappa shape index (κ2) is 3.82. The topological polar surface area (TPSA) is 3.24 Å². The number of allylic oxidation sites excluding steroid dienone is 4. The monoisotopic (exact) mass is 177 g/mol. The summed E-state index contributed by atoms with van der Waals surface area (Å²) in [6.45, 7) is 12.8. The Morgan fingerprint density at radius 2 is 1.85 bits per heavy atom. The molecule has 0 spiro atoms. The van der Waals surface area contributed by atoms with Crippen LogP contribution in [0.5, 0.6) is 0 Å². The first-order valence-corrected chi connectivity index (χ1v) is 4.89. The van der Waals surface area contributed by atoms with Crippen LogP contribution in [0.4, 0.5) is 0 Å². The second-order valence-corrected chi connectivity index (χ2v) is 4.12. The number of nitrogens with zero attached hydrogens (tertiary/aromatic N) is 1. The molecule has 0 bridgehead atoms. The van der Waals surface area contributed by atoms with Crippen LogP contribution in [0.2, 0.25) is 0 Å². The molecule has 1 rings (SSSR count). The van der Waals surface area contributed by atoms with Crippen LogP contribution in [0.15, 0.2) is 36.2 Å². The van der Waals surface area contributed by atoms with E-state index < -0.39 is 0 Å². The van der Waals surface area contributed by atoms with Crippen LogP contribution in [0.25, 0.3) is 0 Å². The standard InChI is InChI=1S/C12H19N/c1-9(2)12-8-11(5)6-7-13(12)10(3)4/h6-10H,5H2,1-4H3. The molecule has 0 fully saturated rings. The molecule has 0 saturated heterocycles. The molecule has 0 aromatic carbocycles. The molecule has 0 aliphatic carbocycles. The predicted octanol–water partition coefficient (Wildman–Crippen LogP) is 3.32. The van der Waals surface area contributed by atoms with Gasteiger partial charge in [0.2, 0.25) is 0 Å². The highest BCUT2D eigenvalue weighted by atomic mass is 15.1. The Kier molecular flexibility index (Phi) is 2.97. The molecule has 1 aliphatic heterocycles. The summed E-state index contributed by atoms with van der Waals surface area (Å²) in [5.41, 5.74) is 2.46. The van der Waals surface area contributed by atoms with Crippen molar-refractivity contribution in [3.63, 3.8) is 0 Å². The molecule has 0 aromatic heterocycles. The van der Waals surface area contributed by atoms with E-state index in [1.807, 2.05) is 0 Å². The van der Waals surface area contributed by atoms with Gasteiger partial charge in [0, 0.05) is 17.9 Å². The van der Waals surface area contributed by atoms with E-state index in [1.54, 1.807) is 0 Å².